The average Bonchev–Trinajstić information content (AvgIpc) is 2.18. The van der Waals surface area contributed by atoms with Crippen LogP contribution >= 0.6 is 0 Å². The van der Waals surface area contributed by atoms with Gasteiger partial charge in [-0.25, -0.2) is 0 Å². The second kappa shape index (κ2) is 4.70. The molecule has 1 atom stereocenters. The number of rotatable bonds is 4. The summed E-state index contributed by atoms with van der Waals surface area (Å²) >= 11 is 0. The molecule has 0 amide bonds. The lowest BCUT2D eigenvalue weighted by molar-refractivity contribution is -0.138. The van der Waals surface area contributed by atoms with Gasteiger partial charge in [-0.3, -0.25) is 9.59 Å². The van der Waals surface area contributed by atoms with Crippen molar-refractivity contribution in [2.45, 2.75) is 19.4 Å². The Morgan fingerprint density at radius 1 is 1.60 bits per heavy atom. The molecular formula is C11H13NO3. The van der Waals surface area contributed by atoms with Gasteiger partial charge in [0, 0.05) is 5.56 Å². The molecule has 0 aliphatic carbocycles. The van der Waals surface area contributed by atoms with E-state index in [-0.39, 0.29) is 6.42 Å². The van der Waals surface area contributed by atoms with Crippen molar-refractivity contribution < 1.29 is 14.7 Å². The van der Waals surface area contributed by atoms with Gasteiger partial charge in [0.05, 0.1) is 0 Å². The minimum Gasteiger partial charge on any atom is -0.480 e. The van der Waals surface area contributed by atoms with E-state index in [1.54, 1.807) is 18.2 Å². The van der Waals surface area contributed by atoms with E-state index in [0.29, 0.717) is 17.4 Å². The molecular weight excluding hydrogens is 194 g/mol. The predicted molar refractivity (Wildman–Crippen MR) is 55.9 cm³/mol. The van der Waals surface area contributed by atoms with Crippen LogP contribution in [-0.4, -0.2) is 23.4 Å². The number of hydrogen-bond donors (Lipinski definition) is 2. The summed E-state index contributed by atoms with van der Waals surface area (Å²) in [5, 5.41) is 8.66. The molecule has 0 aliphatic heterocycles. The van der Waals surface area contributed by atoms with Gasteiger partial charge < -0.3 is 10.8 Å². The molecule has 1 unspecified atom stereocenters. The van der Waals surface area contributed by atoms with Crippen LogP contribution in [0, 0.1) is 6.92 Å². The van der Waals surface area contributed by atoms with Gasteiger partial charge in [-0.05, 0) is 18.9 Å². The molecule has 80 valence electrons. The maximum absolute atomic E-state index is 10.7. The summed E-state index contributed by atoms with van der Waals surface area (Å²) in [4.78, 5) is 21.3. The maximum Gasteiger partial charge on any atom is 0.320 e. The number of carboxylic acids is 1. The number of aliphatic carboxylic acids is 1. The predicted octanol–water partition coefficient (Wildman–Crippen LogP) is 0.762. The summed E-state index contributed by atoms with van der Waals surface area (Å²) < 4.78 is 0. The third-order valence-electron chi connectivity index (χ3n) is 2.18. The molecule has 0 saturated heterocycles. The Hall–Kier alpha value is -1.68. The molecule has 0 aliphatic rings. The van der Waals surface area contributed by atoms with Crippen LogP contribution in [0.5, 0.6) is 0 Å². The molecule has 15 heavy (non-hydrogen) atoms. The second-order valence-electron chi connectivity index (χ2n) is 3.47. The molecule has 0 saturated carbocycles. The first kappa shape index (κ1) is 11.4. The Morgan fingerprint density at radius 3 is 2.80 bits per heavy atom. The van der Waals surface area contributed by atoms with Crippen LogP contribution in [0.15, 0.2) is 18.2 Å². The first-order valence-electron chi connectivity index (χ1n) is 4.57. The number of aryl methyl sites for hydroxylation is 1. The zero-order valence-corrected chi connectivity index (χ0v) is 8.43. The van der Waals surface area contributed by atoms with E-state index in [1.807, 2.05) is 6.92 Å². The molecule has 0 heterocycles. The molecule has 0 fully saturated rings. The van der Waals surface area contributed by atoms with Gasteiger partial charge in [0.2, 0.25) is 0 Å². The van der Waals surface area contributed by atoms with E-state index in [4.69, 9.17) is 10.8 Å². The van der Waals surface area contributed by atoms with Crippen molar-refractivity contribution in [3.8, 4) is 0 Å². The number of benzene rings is 1. The smallest absolute Gasteiger partial charge is 0.320 e. The zero-order valence-electron chi connectivity index (χ0n) is 8.43. The van der Waals surface area contributed by atoms with Crippen LogP contribution in [0.2, 0.25) is 0 Å². The van der Waals surface area contributed by atoms with Crippen LogP contribution < -0.4 is 5.73 Å². The highest BCUT2D eigenvalue weighted by atomic mass is 16.4. The fourth-order valence-corrected chi connectivity index (χ4v) is 1.35. The van der Waals surface area contributed by atoms with Crippen molar-refractivity contribution >= 4 is 12.3 Å². The number of carbonyl (C=O) groups is 2. The zero-order chi connectivity index (χ0) is 11.4. The highest BCUT2D eigenvalue weighted by Gasteiger charge is 2.14. The first-order valence-corrected chi connectivity index (χ1v) is 4.57. The SMILES string of the molecule is Cc1ccc(C=O)c(CC(N)C(=O)O)c1. The van der Waals surface area contributed by atoms with Crippen LogP contribution in [0.3, 0.4) is 0 Å². The minimum atomic E-state index is -1.06. The molecule has 1 aromatic carbocycles. The number of carboxylic acid groups (broad SMARTS) is 1. The summed E-state index contributed by atoms with van der Waals surface area (Å²) in [6, 6.07) is 4.30. The Morgan fingerprint density at radius 2 is 2.27 bits per heavy atom. The Kier molecular flexibility index (Phi) is 3.57. The number of hydrogen-bond acceptors (Lipinski definition) is 3. The van der Waals surface area contributed by atoms with E-state index < -0.39 is 12.0 Å². The monoisotopic (exact) mass is 207 g/mol. The van der Waals surface area contributed by atoms with Gasteiger partial charge in [-0.2, -0.15) is 0 Å². The van der Waals surface area contributed by atoms with Crippen molar-refractivity contribution in [3.63, 3.8) is 0 Å². The molecule has 0 bridgehead atoms. The Balaban J connectivity index is 2.96. The number of nitrogens with two attached hydrogens (primary N) is 1. The van der Waals surface area contributed by atoms with Crippen LogP contribution in [0.1, 0.15) is 21.5 Å². The minimum absolute atomic E-state index is 0.172. The van der Waals surface area contributed by atoms with E-state index >= 15 is 0 Å². The van der Waals surface area contributed by atoms with Crippen molar-refractivity contribution in [1.29, 1.82) is 0 Å². The number of carbonyl (C=O) groups excluding carboxylic acids is 1. The molecule has 4 heteroatoms. The van der Waals surface area contributed by atoms with Crippen LogP contribution in [0.4, 0.5) is 0 Å². The molecule has 1 aromatic rings. The standard InChI is InChI=1S/C11H13NO3/c1-7-2-3-8(6-13)9(4-7)5-10(12)11(14)15/h2-4,6,10H,5,12H2,1H3,(H,14,15). The average molecular weight is 207 g/mol. The van der Waals surface area contributed by atoms with Gasteiger partial charge in [0.1, 0.15) is 12.3 Å². The lowest BCUT2D eigenvalue weighted by atomic mass is 9.99. The maximum atomic E-state index is 10.7. The highest BCUT2D eigenvalue weighted by Crippen LogP contribution is 2.11. The van der Waals surface area contributed by atoms with E-state index in [9.17, 15) is 9.59 Å². The fourth-order valence-electron chi connectivity index (χ4n) is 1.35. The van der Waals surface area contributed by atoms with Gasteiger partial charge in [-0.15, -0.1) is 0 Å². The van der Waals surface area contributed by atoms with Crippen LogP contribution in [-0.2, 0) is 11.2 Å². The van der Waals surface area contributed by atoms with Crippen LogP contribution in [0.25, 0.3) is 0 Å². The van der Waals surface area contributed by atoms with Gasteiger partial charge in [-0.1, -0.05) is 23.8 Å². The van der Waals surface area contributed by atoms with Crippen molar-refractivity contribution in [2.75, 3.05) is 0 Å². The summed E-state index contributed by atoms with van der Waals surface area (Å²) in [5.41, 5.74) is 7.56. The molecule has 4 nitrogen and oxygen atoms in total. The van der Waals surface area contributed by atoms with Crippen molar-refractivity contribution in [1.82, 2.24) is 0 Å². The summed E-state index contributed by atoms with van der Waals surface area (Å²) in [6.45, 7) is 1.88. The van der Waals surface area contributed by atoms with Gasteiger partial charge in [0.15, 0.2) is 0 Å². The largest absolute Gasteiger partial charge is 0.480 e. The molecule has 0 radical (unpaired) electrons. The topological polar surface area (TPSA) is 80.4 Å². The summed E-state index contributed by atoms with van der Waals surface area (Å²) in [5.74, 6) is -1.06. The van der Waals surface area contributed by atoms with Gasteiger partial charge in [0.25, 0.3) is 0 Å². The van der Waals surface area contributed by atoms with E-state index in [0.717, 1.165) is 5.56 Å². The normalized spacial score (nSPS) is 12.1. The molecule has 0 spiro atoms. The highest BCUT2D eigenvalue weighted by molar-refractivity contribution is 5.79. The number of aldehydes is 1. The summed E-state index contributed by atoms with van der Waals surface area (Å²) in [6.07, 6.45) is 0.883. The lowest BCUT2D eigenvalue weighted by Gasteiger charge is -2.09. The van der Waals surface area contributed by atoms with Gasteiger partial charge >= 0.3 is 5.97 Å². The molecule has 3 N–H and O–H groups in total. The second-order valence-corrected chi connectivity index (χ2v) is 3.47. The molecule has 0 aromatic heterocycles. The Bertz CT molecular complexity index is 387. The quantitative estimate of drug-likeness (QED) is 0.714. The van der Waals surface area contributed by atoms with E-state index in [1.165, 1.54) is 0 Å². The van der Waals surface area contributed by atoms with E-state index in [2.05, 4.69) is 0 Å². The van der Waals surface area contributed by atoms with Crippen molar-refractivity contribution in [2.24, 2.45) is 5.73 Å². The Labute approximate surface area is 87.7 Å². The third-order valence-corrected chi connectivity index (χ3v) is 2.18. The van der Waals surface area contributed by atoms with Crippen molar-refractivity contribution in [3.05, 3.63) is 34.9 Å². The molecule has 1 rings (SSSR count). The first-order chi connectivity index (χ1) is 7.04. The summed E-state index contributed by atoms with van der Waals surface area (Å²) in [7, 11) is 0. The fraction of sp³-hybridized carbons (Fsp3) is 0.273. The lowest BCUT2D eigenvalue weighted by Crippen LogP contribution is -2.32. The third kappa shape index (κ3) is 2.89.